The average molecular weight is 249 g/mol. The number of aryl methyl sites for hydroxylation is 1. The number of rotatable bonds is 6. The van der Waals surface area contributed by atoms with Gasteiger partial charge in [-0.2, -0.15) is 0 Å². The van der Waals surface area contributed by atoms with E-state index in [9.17, 15) is 0 Å². The molecule has 1 unspecified atom stereocenters. The molecule has 1 rings (SSSR count). The Hall–Kier alpha value is -1.65. The van der Waals surface area contributed by atoms with E-state index in [1.165, 1.54) is 0 Å². The minimum atomic E-state index is 0.0209. The van der Waals surface area contributed by atoms with Gasteiger partial charge in [0.05, 0.1) is 5.56 Å². The zero-order valence-corrected chi connectivity index (χ0v) is 11.7. The van der Waals surface area contributed by atoms with Crippen molar-refractivity contribution < 1.29 is 0 Å². The molecule has 0 saturated heterocycles. The quantitative estimate of drug-likeness (QED) is 0.596. The SMILES string of the molecule is CCC(C)CN(CC)c1nc(C)ncc1C(=N)N. The van der Waals surface area contributed by atoms with Crippen LogP contribution < -0.4 is 10.6 Å². The van der Waals surface area contributed by atoms with Gasteiger partial charge in [0.25, 0.3) is 0 Å². The highest BCUT2D eigenvalue weighted by molar-refractivity contribution is 5.99. The third-order valence-electron chi connectivity index (χ3n) is 3.09. The molecule has 100 valence electrons. The zero-order chi connectivity index (χ0) is 13.7. The number of nitrogens with one attached hydrogen (secondary N) is 1. The molecule has 0 bridgehead atoms. The zero-order valence-electron chi connectivity index (χ0n) is 11.7. The predicted octanol–water partition coefficient (Wildman–Crippen LogP) is 1.94. The molecule has 18 heavy (non-hydrogen) atoms. The summed E-state index contributed by atoms with van der Waals surface area (Å²) in [6, 6.07) is 0. The molecule has 0 aliphatic heterocycles. The van der Waals surface area contributed by atoms with Crippen LogP contribution in [0.1, 0.15) is 38.6 Å². The summed E-state index contributed by atoms with van der Waals surface area (Å²) in [7, 11) is 0. The lowest BCUT2D eigenvalue weighted by Gasteiger charge is -2.26. The van der Waals surface area contributed by atoms with Crippen molar-refractivity contribution in [1.29, 1.82) is 5.41 Å². The molecule has 0 aliphatic rings. The first-order chi connectivity index (χ1) is 8.49. The largest absolute Gasteiger partial charge is 0.384 e. The maximum absolute atomic E-state index is 7.61. The van der Waals surface area contributed by atoms with Crippen LogP contribution in [-0.4, -0.2) is 28.9 Å². The topological polar surface area (TPSA) is 78.9 Å². The standard InChI is InChI=1S/C13H23N5/c1-5-9(3)8-18(6-2)13-11(12(14)15)7-16-10(4)17-13/h7,9H,5-6,8H2,1-4H3,(H3,14,15). The van der Waals surface area contributed by atoms with E-state index >= 15 is 0 Å². The highest BCUT2D eigenvalue weighted by Crippen LogP contribution is 2.18. The second-order valence-corrected chi connectivity index (χ2v) is 4.62. The van der Waals surface area contributed by atoms with Crippen molar-refractivity contribution in [3.63, 3.8) is 0 Å². The summed E-state index contributed by atoms with van der Waals surface area (Å²) in [6.45, 7) is 10.1. The number of nitrogens with two attached hydrogens (primary N) is 1. The van der Waals surface area contributed by atoms with Crippen LogP contribution in [0.4, 0.5) is 5.82 Å². The highest BCUT2D eigenvalue weighted by Gasteiger charge is 2.16. The van der Waals surface area contributed by atoms with Crippen molar-refractivity contribution in [2.24, 2.45) is 11.7 Å². The van der Waals surface area contributed by atoms with Gasteiger partial charge < -0.3 is 10.6 Å². The molecule has 0 saturated carbocycles. The van der Waals surface area contributed by atoms with E-state index in [0.717, 1.165) is 25.3 Å². The van der Waals surface area contributed by atoms with Gasteiger partial charge in [0.15, 0.2) is 0 Å². The smallest absolute Gasteiger partial charge is 0.143 e. The molecule has 1 heterocycles. The third-order valence-corrected chi connectivity index (χ3v) is 3.09. The maximum atomic E-state index is 7.61. The van der Waals surface area contributed by atoms with Gasteiger partial charge in [0.1, 0.15) is 17.5 Å². The van der Waals surface area contributed by atoms with E-state index in [-0.39, 0.29) is 5.84 Å². The molecule has 1 aromatic heterocycles. The Kier molecular flexibility index (Phi) is 5.07. The number of nitrogen functional groups attached to an aromatic ring is 1. The van der Waals surface area contributed by atoms with Crippen molar-refractivity contribution in [3.8, 4) is 0 Å². The average Bonchev–Trinajstić information content (AvgIpc) is 2.35. The Bertz CT molecular complexity index is 416. The van der Waals surface area contributed by atoms with E-state index < -0.39 is 0 Å². The molecule has 5 nitrogen and oxygen atoms in total. The molecule has 0 amide bonds. The minimum Gasteiger partial charge on any atom is -0.384 e. The number of hydrogen-bond donors (Lipinski definition) is 2. The third kappa shape index (κ3) is 3.42. The summed E-state index contributed by atoms with van der Waals surface area (Å²) in [5.74, 6) is 2.09. The summed E-state index contributed by atoms with van der Waals surface area (Å²) in [6.07, 6.45) is 2.76. The van der Waals surface area contributed by atoms with Crippen molar-refractivity contribution in [2.45, 2.75) is 34.1 Å². The van der Waals surface area contributed by atoms with Crippen LogP contribution in [0.25, 0.3) is 0 Å². The fourth-order valence-electron chi connectivity index (χ4n) is 1.76. The number of aromatic nitrogens is 2. The lowest BCUT2D eigenvalue weighted by Crippen LogP contribution is -2.31. The Labute approximate surface area is 109 Å². The van der Waals surface area contributed by atoms with Gasteiger partial charge >= 0.3 is 0 Å². The van der Waals surface area contributed by atoms with E-state index in [0.29, 0.717) is 17.3 Å². The van der Waals surface area contributed by atoms with Crippen LogP contribution in [0.15, 0.2) is 6.20 Å². The fourth-order valence-corrected chi connectivity index (χ4v) is 1.76. The van der Waals surface area contributed by atoms with Crippen molar-refractivity contribution in [1.82, 2.24) is 9.97 Å². The summed E-state index contributed by atoms with van der Waals surface area (Å²) >= 11 is 0. The van der Waals surface area contributed by atoms with Crippen molar-refractivity contribution in [2.75, 3.05) is 18.0 Å². The van der Waals surface area contributed by atoms with Crippen LogP contribution in [0.5, 0.6) is 0 Å². The predicted molar refractivity (Wildman–Crippen MR) is 75.1 cm³/mol. The first-order valence-electron chi connectivity index (χ1n) is 6.42. The first kappa shape index (κ1) is 14.4. The Morgan fingerprint density at radius 3 is 2.67 bits per heavy atom. The second kappa shape index (κ2) is 6.33. The van der Waals surface area contributed by atoms with Crippen LogP contribution >= 0.6 is 0 Å². The summed E-state index contributed by atoms with van der Waals surface area (Å²) < 4.78 is 0. The first-order valence-corrected chi connectivity index (χ1v) is 6.42. The lowest BCUT2D eigenvalue weighted by atomic mass is 10.1. The van der Waals surface area contributed by atoms with Crippen molar-refractivity contribution in [3.05, 3.63) is 17.6 Å². The minimum absolute atomic E-state index is 0.0209. The van der Waals surface area contributed by atoms with Gasteiger partial charge in [-0.05, 0) is 19.8 Å². The number of anilines is 1. The van der Waals surface area contributed by atoms with Crippen LogP contribution in [0, 0.1) is 18.3 Å². The molecule has 3 N–H and O–H groups in total. The van der Waals surface area contributed by atoms with Gasteiger partial charge in [-0.3, -0.25) is 5.41 Å². The van der Waals surface area contributed by atoms with E-state index in [1.54, 1.807) is 6.20 Å². The number of amidine groups is 1. The molecule has 0 aliphatic carbocycles. The van der Waals surface area contributed by atoms with Gasteiger partial charge in [0.2, 0.25) is 0 Å². The van der Waals surface area contributed by atoms with Crippen molar-refractivity contribution >= 4 is 11.7 Å². The van der Waals surface area contributed by atoms with Gasteiger partial charge in [-0.15, -0.1) is 0 Å². The number of nitrogens with zero attached hydrogens (tertiary/aromatic N) is 3. The van der Waals surface area contributed by atoms with Crippen LogP contribution in [0.2, 0.25) is 0 Å². The molecule has 0 aromatic carbocycles. The summed E-state index contributed by atoms with van der Waals surface area (Å²) in [5, 5.41) is 7.61. The molecule has 0 spiro atoms. The Morgan fingerprint density at radius 2 is 2.17 bits per heavy atom. The van der Waals surface area contributed by atoms with E-state index in [4.69, 9.17) is 11.1 Å². The van der Waals surface area contributed by atoms with E-state index in [2.05, 4.69) is 35.6 Å². The summed E-state index contributed by atoms with van der Waals surface area (Å²) in [4.78, 5) is 10.7. The van der Waals surface area contributed by atoms with E-state index in [1.807, 2.05) is 6.92 Å². The normalized spacial score (nSPS) is 12.2. The molecule has 0 fully saturated rings. The second-order valence-electron chi connectivity index (χ2n) is 4.62. The lowest BCUT2D eigenvalue weighted by molar-refractivity contribution is 0.545. The Morgan fingerprint density at radius 1 is 1.50 bits per heavy atom. The summed E-state index contributed by atoms with van der Waals surface area (Å²) in [5.41, 5.74) is 6.21. The molecular weight excluding hydrogens is 226 g/mol. The van der Waals surface area contributed by atoms with Gasteiger partial charge in [0, 0.05) is 19.3 Å². The highest BCUT2D eigenvalue weighted by atomic mass is 15.2. The molecule has 1 aromatic rings. The van der Waals surface area contributed by atoms with Gasteiger partial charge in [-0.1, -0.05) is 20.3 Å². The van der Waals surface area contributed by atoms with Crippen LogP contribution in [-0.2, 0) is 0 Å². The fraction of sp³-hybridized carbons (Fsp3) is 0.615. The molecular formula is C13H23N5. The van der Waals surface area contributed by atoms with Gasteiger partial charge in [-0.25, -0.2) is 9.97 Å². The Balaban J connectivity index is 3.10. The number of hydrogen-bond acceptors (Lipinski definition) is 4. The molecule has 0 radical (unpaired) electrons. The molecule has 1 atom stereocenters. The molecule has 5 heteroatoms. The van der Waals surface area contributed by atoms with Crippen LogP contribution in [0.3, 0.4) is 0 Å². The maximum Gasteiger partial charge on any atom is 0.143 e. The monoisotopic (exact) mass is 249 g/mol.